The number of carbonyl (C=O) groups excluding carboxylic acids is 3. The van der Waals surface area contributed by atoms with Crippen LogP contribution in [0.15, 0.2) is 47.4 Å². The largest absolute Gasteiger partial charge is 0.468 e. The van der Waals surface area contributed by atoms with E-state index in [-0.39, 0.29) is 33.1 Å². The van der Waals surface area contributed by atoms with Gasteiger partial charge in [-0.25, -0.2) is 8.42 Å². The number of ether oxygens (including phenoxy) is 1. The number of esters is 1. The molecule has 1 aliphatic rings. The summed E-state index contributed by atoms with van der Waals surface area (Å²) < 4.78 is 33.0. The highest BCUT2D eigenvalue weighted by molar-refractivity contribution is 7.89. The standard InChI is InChI=1S/C20H19NO6S/c1-11(2)17(20(24)27-3)21-28(25,26)15-10-6-9-14-16(15)19(23)13-8-5-4-7-12(13)18(14)22/h4-11,17,21H,1-3H3. The molecule has 3 rings (SSSR count). The molecule has 0 fully saturated rings. The second-order valence-electron chi connectivity index (χ2n) is 6.75. The van der Waals surface area contributed by atoms with Crippen molar-refractivity contribution < 1.29 is 27.5 Å². The maximum Gasteiger partial charge on any atom is 0.324 e. The van der Waals surface area contributed by atoms with Gasteiger partial charge in [-0.3, -0.25) is 14.4 Å². The zero-order valence-corrected chi connectivity index (χ0v) is 16.4. The van der Waals surface area contributed by atoms with Crippen LogP contribution in [0.2, 0.25) is 0 Å². The van der Waals surface area contributed by atoms with Crippen molar-refractivity contribution >= 4 is 27.6 Å². The zero-order chi connectivity index (χ0) is 20.6. The molecule has 7 nitrogen and oxygen atoms in total. The van der Waals surface area contributed by atoms with Gasteiger partial charge in [0, 0.05) is 16.7 Å². The van der Waals surface area contributed by atoms with Crippen molar-refractivity contribution in [3.63, 3.8) is 0 Å². The molecule has 0 amide bonds. The molecule has 0 radical (unpaired) electrons. The molecule has 0 aromatic heterocycles. The highest BCUT2D eigenvalue weighted by atomic mass is 32.2. The number of hydrogen-bond acceptors (Lipinski definition) is 6. The lowest BCUT2D eigenvalue weighted by Gasteiger charge is -2.23. The maximum atomic E-state index is 13.0. The Morgan fingerprint density at radius 1 is 0.929 bits per heavy atom. The van der Waals surface area contributed by atoms with Gasteiger partial charge in [0.05, 0.1) is 17.6 Å². The molecule has 0 saturated heterocycles. The Balaban J connectivity index is 2.14. The van der Waals surface area contributed by atoms with Crippen molar-refractivity contribution in [2.45, 2.75) is 24.8 Å². The molecule has 2 aromatic rings. The fraction of sp³-hybridized carbons (Fsp3) is 0.250. The highest BCUT2D eigenvalue weighted by Crippen LogP contribution is 2.31. The smallest absolute Gasteiger partial charge is 0.324 e. The SMILES string of the molecule is COC(=O)C(NS(=O)(=O)c1cccc2c1C(=O)c1ccccc1C2=O)C(C)C. The van der Waals surface area contributed by atoms with Gasteiger partial charge < -0.3 is 4.74 Å². The van der Waals surface area contributed by atoms with Crippen LogP contribution in [-0.2, 0) is 19.6 Å². The van der Waals surface area contributed by atoms with Crippen molar-refractivity contribution in [1.82, 2.24) is 4.72 Å². The number of ketones is 2. The number of rotatable bonds is 5. The lowest BCUT2D eigenvalue weighted by atomic mass is 9.84. The summed E-state index contributed by atoms with van der Waals surface area (Å²) in [6.07, 6.45) is 0. The van der Waals surface area contributed by atoms with E-state index in [1.54, 1.807) is 26.0 Å². The van der Waals surface area contributed by atoms with Gasteiger partial charge in [0.2, 0.25) is 10.0 Å². The Morgan fingerprint density at radius 3 is 2.07 bits per heavy atom. The lowest BCUT2D eigenvalue weighted by molar-refractivity contribution is -0.143. The summed E-state index contributed by atoms with van der Waals surface area (Å²) in [6, 6.07) is 9.20. The monoisotopic (exact) mass is 401 g/mol. The van der Waals surface area contributed by atoms with Gasteiger partial charge in [-0.2, -0.15) is 4.72 Å². The van der Waals surface area contributed by atoms with Crippen molar-refractivity contribution in [3.05, 3.63) is 64.7 Å². The number of methoxy groups -OCH3 is 1. The number of nitrogens with one attached hydrogen (secondary N) is 1. The topological polar surface area (TPSA) is 107 Å². The Morgan fingerprint density at radius 2 is 1.50 bits per heavy atom. The molecule has 0 bridgehead atoms. The molecule has 1 unspecified atom stereocenters. The van der Waals surface area contributed by atoms with E-state index in [2.05, 4.69) is 9.46 Å². The van der Waals surface area contributed by atoms with Crippen LogP contribution in [0.25, 0.3) is 0 Å². The van der Waals surface area contributed by atoms with E-state index in [1.165, 1.54) is 30.3 Å². The molecule has 8 heteroatoms. The normalized spacial score (nSPS) is 14.4. The van der Waals surface area contributed by atoms with E-state index in [0.29, 0.717) is 0 Å². The second-order valence-corrected chi connectivity index (χ2v) is 8.43. The first-order valence-corrected chi connectivity index (χ1v) is 10.1. The summed E-state index contributed by atoms with van der Waals surface area (Å²) in [5.74, 6) is -2.10. The Kier molecular flexibility index (Phi) is 5.18. The fourth-order valence-electron chi connectivity index (χ4n) is 3.15. The molecule has 28 heavy (non-hydrogen) atoms. The summed E-state index contributed by atoms with van der Waals surface area (Å²) in [4.78, 5) is 37.4. The average molecular weight is 401 g/mol. The van der Waals surface area contributed by atoms with Gasteiger partial charge in [0.15, 0.2) is 11.6 Å². The van der Waals surface area contributed by atoms with Crippen LogP contribution in [0.4, 0.5) is 0 Å². The van der Waals surface area contributed by atoms with Gasteiger partial charge >= 0.3 is 5.97 Å². The van der Waals surface area contributed by atoms with E-state index >= 15 is 0 Å². The van der Waals surface area contributed by atoms with Gasteiger partial charge in [0.1, 0.15) is 6.04 Å². The first kappa shape index (κ1) is 19.9. The molecule has 0 spiro atoms. The Hall–Kier alpha value is -2.84. The predicted octanol–water partition coefficient (Wildman–Crippen LogP) is 1.94. The molecule has 0 aliphatic heterocycles. The lowest BCUT2D eigenvalue weighted by Crippen LogP contribution is -2.45. The molecular formula is C20H19NO6S. The molecule has 1 atom stereocenters. The van der Waals surface area contributed by atoms with Crippen LogP contribution in [0.3, 0.4) is 0 Å². The first-order chi connectivity index (χ1) is 13.2. The number of benzene rings is 2. The Labute approximate surface area is 162 Å². The van der Waals surface area contributed by atoms with Crippen molar-refractivity contribution in [1.29, 1.82) is 0 Å². The molecular weight excluding hydrogens is 382 g/mol. The van der Waals surface area contributed by atoms with Crippen LogP contribution in [-0.4, -0.2) is 39.1 Å². The summed E-state index contributed by atoms with van der Waals surface area (Å²) in [6.45, 7) is 3.32. The van der Waals surface area contributed by atoms with Gasteiger partial charge in [-0.05, 0) is 12.0 Å². The predicted molar refractivity (Wildman–Crippen MR) is 101 cm³/mol. The van der Waals surface area contributed by atoms with E-state index < -0.39 is 33.6 Å². The average Bonchev–Trinajstić information content (AvgIpc) is 2.69. The van der Waals surface area contributed by atoms with Crippen LogP contribution in [0.1, 0.15) is 45.7 Å². The van der Waals surface area contributed by atoms with Gasteiger partial charge in [-0.1, -0.05) is 50.2 Å². The maximum absolute atomic E-state index is 13.0. The number of carbonyl (C=O) groups is 3. The van der Waals surface area contributed by atoms with Crippen LogP contribution >= 0.6 is 0 Å². The molecule has 2 aromatic carbocycles. The minimum atomic E-state index is -4.28. The summed E-state index contributed by atoms with van der Waals surface area (Å²) in [5.41, 5.74) is 0.213. The van der Waals surface area contributed by atoms with Gasteiger partial charge in [0.25, 0.3) is 0 Å². The molecule has 146 valence electrons. The highest BCUT2D eigenvalue weighted by Gasteiger charge is 2.36. The third-order valence-electron chi connectivity index (χ3n) is 4.61. The molecule has 0 heterocycles. The molecule has 1 aliphatic carbocycles. The van der Waals surface area contributed by atoms with E-state index in [9.17, 15) is 22.8 Å². The van der Waals surface area contributed by atoms with Crippen LogP contribution in [0.5, 0.6) is 0 Å². The van der Waals surface area contributed by atoms with E-state index in [0.717, 1.165) is 7.11 Å². The van der Waals surface area contributed by atoms with Crippen LogP contribution in [0, 0.1) is 5.92 Å². The van der Waals surface area contributed by atoms with Crippen molar-refractivity contribution in [2.24, 2.45) is 5.92 Å². The number of sulfonamides is 1. The number of hydrogen-bond donors (Lipinski definition) is 1. The van der Waals surface area contributed by atoms with Crippen molar-refractivity contribution in [2.75, 3.05) is 7.11 Å². The Bertz CT molecular complexity index is 1090. The minimum Gasteiger partial charge on any atom is -0.468 e. The van der Waals surface area contributed by atoms with E-state index in [4.69, 9.17) is 0 Å². The fourth-order valence-corrected chi connectivity index (χ4v) is 4.71. The third-order valence-corrected chi connectivity index (χ3v) is 6.09. The number of fused-ring (bicyclic) bond motifs is 2. The first-order valence-electron chi connectivity index (χ1n) is 8.60. The summed E-state index contributed by atoms with van der Waals surface area (Å²) in [5, 5.41) is 0. The summed E-state index contributed by atoms with van der Waals surface area (Å²) in [7, 11) is -3.12. The quantitative estimate of drug-likeness (QED) is 0.655. The molecule has 0 saturated carbocycles. The zero-order valence-electron chi connectivity index (χ0n) is 15.6. The second kappa shape index (κ2) is 7.29. The molecule has 1 N–H and O–H groups in total. The van der Waals surface area contributed by atoms with Gasteiger partial charge in [-0.15, -0.1) is 0 Å². The minimum absolute atomic E-state index is 0.0192. The van der Waals surface area contributed by atoms with Crippen LogP contribution < -0.4 is 4.72 Å². The van der Waals surface area contributed by atoms with Crippen molar-refractivity contribution in [3.8, 4) is 0 Å². The van der Waals surface area contributed by atoms with E-state index in [1.807, 2.05) is 0 Å². The summed E-state index contributed by atoms with van der Waals surface area (Å²) >= 11 is 0. The third kappa shape index (κ3) is 3.25.